The maximum Gasteiger partial charge on any atom is 0.259 e. The van der Waals surface area contributed by atoms with E-state index in [4.69, 9.17) is 38.2 Å². The lowest BCUT2D eigenvalue weighted by Gasteiger charge is -2.19. The van der Waals surface area contributed by atoms with Crippen molar-refractivity contribution in [2.75, 3.05) is 13.2 Å². The number of aromatic nitrogens is 2. The number of nitrogens with zero attached hydrogens (tertiary/aromatic N) is 2. The number of benzene rings is 1. The van der Waals surface area contributed by atoms with E-state index >= 15 is 0 Å². The first kappa shape index (κ1) is 15.3. The molecule has 0 bridgehead atoms. The summed E-state index contributed by atoms with van der Waals surface area (Å²) in [6, 6.07) is 5.04. The third-order valence-electron chi connectivity index (χ3n) is 2.70. The maximum absolute atomic E-state index is 6.11. The molecular formula is C13H15Cl2N3O2. The first-order valence-electron chi connectivity index (χ1n) is 6.10. The van der Waals surface area contributed by atoms with Gasteiger partial charge in [-0.2, -0.15) is 4.98 Å². The van der Waals surface area contributed by atoms with Crippen LogP contribution in [0.2, 0.25) is 10.0 Å². The molecule has 0 radical (unpaired) electrons. The van der Waals surface area contributed by atoms with E-state index in [-0.39, 0.29) is 0 Å². The quantitative estimate of drug-likeness (QED) is 0.916. The van der Waals surface area contributed by atoms with Crippen molar-refractivity contribution < 1.29 is 9.26 Å². The van der Waals surface area contributed by atoms with Gasteiger partial charge in [0.05, 0.1) is 17.2 Å². The Morgan fingerprint density at radius 1 is 1.40 bits per heavy atom. The maximum atomic E-state index is 6.11. The minimum absolute atomic E-state index is 0.301. The summed E-state index contributed by atoms with van der Waals surface area (Å²) < 4.78 is 10.5. The molecule has 2 rings (SSSR count). The summed E-state index contributed by atoms with van der Waals surface area (Å²) in [5.74, 6) is 0.668. The molecule has 7 heteroatoms. The predicted octanol–water partition coefficient (Wildman–Crippen LogP) is 3.25. The largest absolute Gasteiger partial charge is 0.379 e. The van der Waals surface area contributed by atoms with E-state index in [9.17, 15) is 0 Å². The number of halogens is 2. The first-order valence-corrected chi connectivity index (χ1v) is 6.86. The summed E-state index contributed by atoms with van der Waals surface area (Å²) in [5, 5.41) is 4.88. The molecule has 1 unspecified atom stereocenters. The molecule has 1 aromatic carbocycles. The van der Waals surface area contributed by atoms with E-state index in [2.05, 4.69) is 10.1 Å². The molecule has 20 heavy (non-hydrogen) atoms. The van der Waals surface area contributed by atoms with Crippen LogP contribution in [0.4, 0.5) is 0 Å². The number of nitrogens with two attached hydrogens (primary N) is 1. The van der Waals surface area contributed by atoms with Gasteiger partial charge in [0.2, 0.25) is 0 Å². The Morgan fingerprint density at radius 3 is 2.80 bits per heavy atom. The molecule has 0 amide bonds. The topological polar surface area (TPSA) is 74.2 Å². The van der Waals surface area contributed by atoms with Crippen molar-refractivity contribution in [3.05, 3.63) is 34.1 Å². The lowest BCUT2D eigenvalue weighted by molar-refractivity contribution is 0.0962. The molecule has 0 fully saturated rings. The van der Waals surface area contributed by atoms with Crippen LogP contribution >= 0.6 is 23.2 Å². The van der Waals surface area contributed by atoms with Crippen LogP contribution in [0.3, 0.4) is 0 Å². The van der Waals surface area contributed by atoms with Gasteiger partial charge in [-0.15, -0.1) is 0 Å². The van der Waals surface area contributed by atoms with Crippen LogP contribution in [0, 0.1) is 0 Å². The Hall–Kier alpha value is -1.14. The fourth-order valence-electron chi connectivity index (χ4n) is 1.61. The van der Waals surface area contributed by atoms with E-state index in [1.54, 1.807) is 25.1 Å². The highest BCUT2D eigenvalue weighted by Crippen LogP contribution is 2.30. The molecule has 2 N–H and O–H groups in total. The van der Waals surface area contributed by atoms with E-state index in [0.29, 0.717) is 40.5 Å². The lowest BCUT2D eigenvalue weighted by atomic mass is 10.1. The molecule has 108 valence electrons. The lowest BCUT2D eigenvalue weighted by Crippen LogP contribution is -2.39. The summed E-state index contributed by atoms with van der Waals surface area (Å²) in [5.41, 5.74) is 5.90. The second-order valence-electron chi connectivity index (χ2n) is 4.60. The van der Waals surface area contributed by atoms with Crippen molar-refractivity contribution in [2.45, 2.75) is 19.4 Å². The summed E-state index contributed by atoms with van der Waals surface area (Å²) >= 11 is 12.0. The fourth-order valence-corrected chi connectivity index (χ4v) is 2.10. The van der Waals surface area contributed by atoms with Crippen molar-refractivity contribution >= 4 is 23.2 Å². The van der Waals surface area contributed by atoms with Crippen LogP contribution in [-0.2, 0) is 10.3 Å². The van der Waals surface area contributed by atoms with Gasteiger partial charge in [0.1, 0.15) is 5.54 Å². The van der Waals surface area contributed by atoms with Crippen LogP contribution in [0.15, 0.2) is 22.7 Å². The van der Waals surface area contributed by atoms with E-state index in [1.165, 1.54) is 0 Å². The Labute approximate surface area is 127 Å². The van der Waals surface area contributed by atoms with Gasteiger partial charge in [0.15, 0.2) is 5.82 Å². The highest BCUT2D eigenvalue weighted by Gasteiger charge is 2.28. The smallest absolute Gasteiger partial charge is 0.259 e. The molecule has 0 saturated heterocycles. The van der Waals surface area contributed by atoms with Crippen molar-refractivity contribution in [2.24, 2.45) is 5.73 Å². The van der Waals surface area contributed by atoms with Crippen LogP contribution < -0.4 is 5.73 Å². The van der Waals surface area contributed by atoms with Gasteiger partial charge in [0.25, 0.3) is 5.89 Å². The monoisotopic (exact) mass is 315 g/mol. The number of rotatable bonds is 5. The average Bonchev–Trinajstić information content (AvgIpc) is 2.86. The Kier molecular flexibility index (Phi) is 4.65. The summed E-state index contributed by atoms with van der Waals surface area (Å²) in [7, 11) is 0. The number of hydrogen-bond donors (Lipinski definition) is 1. The van der Waals surface area contributed by atoms with Gasteiger partial charge >= 0.3 is 0 Å². The molecule has 5 nitrogen and oxygen atoms in total. The molecule has 1 atom stereocenters. The van der Waals surface area contributed by atoms with Crippen LogP contribution in [-0.4, -0.2) is 23.4 Å². The third kappa shape index (κ3) is 3.30. The highest BCUT2D eigenvalue weighted by atomic mass is 35.5. The molecule has 0 aliphatic rings. The minimum atomic E-state index is -0.823. The van der Waals surface area contributed by atoms with E-state index in [0.717, 1.165) is 0 Å². The zero-order chi connectivity index (χ0) is 14.8. The van der Waals surface area contributed by atoms with Crippen LogP contribution in [0.1, 0.15) is 19.7 Å². The van der Waals surface area contributed by atoms with Gasteiger partial charge in [-0.25, -0.2) is 0 Å². The van der Waals surface area contributed by atoms with Gasteiger partial charge in [-0.1, -0.05) is 28.4 Å². The Morgan fingerprint density at radius 2 is 2.15 bits per heavy atom. The van der Waals surface area contributed by atoms with E-state index < -0.39 is 5.54 Å². The molecule has 0 spiro atoms. The zero-order valence-corrected chi connectivity index (χ0v) is 12.7. The predicted molar refractivity (Wildman–Crippen MR) is 77.8 cm³/mol. The van der Waals surface area contributed by atoms with Gasteiger partial charge in [0, 0.05) is 11.6 Å². The summed E-state index contributed by atoms with van der Waals surface area (Å²) in [4.78, 5) is 4.29. The first-order chi connectivity index (χ1) is 9.44. The van der Waals surface area contributed by atoms with Crippen molar-refractivity contribution in [3.8, 4) is 11.5 Å². The molecule has 1 aromatic heterocycles. The van der Waals surface area contributed by atoms with Crippen LogP contribution in [0.5, 0.6) is 0 Å². The van der Waals surface area contributed by atoms with E-state index in [1.807, 2.05) is 6.92 Å². The third-order valence-corrected chi connectivity index (χ3v) is 3.25. The van der Waals surface area contributed by atoms with Gasteiger partial charge < -0.3 is 15.0 Å². The molecule has 1 heterocycles. The van der Waals surface area contributed by atoms with Crippen LogP contribution in [0.25, 0.3) is 11.5 Å². The van der Waals surface area contributed by atoms with Gasteiger partial charge in [-0.05, 0) is 32.0 Å². The Bertz CT molecular complexity index is 599. The fraction of sp³-hybridized carbons (Fsp3) is 0.385. The SMILES string of the molecule is CCOCC(C)(N)c1noc(-c2ccc(Cl)cc2Cl)n1. The Balaban J connectivity index is 2.28. The second-order valence-corrected chi connectivity index (χ2v) is 5.45. The highest BCUT2D eigenvalue weighted by molar-refractivity contribution is 6.36. The van der Waals surface area contributed by atoms with Crippen molar-refractivity contribution in [1.29, 1.82) is 0 Å². The van der Waals surface area contributed by atoms with Crippen molar-refractivity contribution in [1.82, 2.24) is 10.1 Å². The average molecular weight is 316 g/mol. The minimum Gasteiger partial charge on any atom is -0.379 e. The number of hydrogen-bond acceptors (Lipinski definition) is 5. The van der Waals surface area contributed by atoms with Crippen molar-refractivity contribution in [3.63, 3.8) is 0 Å². The standard InChI is InChI=1S/C13H15Cl2N3O2/c1-3-19-7-13(2,16)12-17-11(20-18-12)9-5-4-8(14)6-10(9)15/h4-6H,3,7,16H2,1-2H3. The van der Waals surface area contributed by atoms with Gasteiger partial charge in [-0.3, -0.25) is 0 Å². The zero-order valence-electron chi connectivity index (χ0n) is 11.2. The summed E-state index contributed by atoms with van der Waals surface area (Å²) in [6.07, 6.45) is 0. The molecule has 2 aromatic rings. The second kappa shape index (κ2) is 6.10. The molecular weight excluding hydrogens is 301 g/mol. The molecule has 0 aliphatic carbocycles. The molecule has 0 aliphatic heterocycles. The number of ether oxygens (including phenoxy) is 1. The normalized spacial score (nSPS) is 14.2. The molecule has 0 saturated carbocycles. The summed E-state index contributed by atoms with van der Waals surface area (Å²) in [6.45, 7) is 4.54.